The molecule has 0 bridgehead atoms. The molecule has 1 aliphatic rings. The second-order valence-corrected chi connectivity index (χ2v) is 5.47. The lowest BCUT2D eigenvalue weighted by Gasteiger charge is -2.16. The Balaban J connectivity index is 1.52. The van der Waals surface area contributed by atoms with Crippen LogP contribution < -0.4 is 4.74 Å². The number of amides is 1. The van der Waals surface area contributed by atoms with Gasteiger partial charge in [-0.3, -0.25) is 9.78 Å². The van der Waals surface area contributed by atoms with Gasteiger partial charge in [0.2, 0.25) is 5.88 Å². The molecule has 2 aromatic rings. The van der Waals surface area contributed by atoms with Gasteiger partial charge >= 0.3 is 0 Å². The van der Waals surface area contributed by atoms with Crippen molar-refractivity contribution in [3.63, 3.8) is 0 Å². The van der Waals surface area contributed by atoms with Crippen molar-refractivity contribution in [1.82, 2.24) is 20.1 Å². The van der Waals surface area contributed by atoms with Gasteiger partial charge in [-0.1, -0.05) is 0 Å². The molecule has 1 unspecified atom stereocenters. The maximum atomic E-state index is 12.3. The molecule has 2 aromatic heterocycles. The topological polar surface area (TPSA) is 68.2 Å². The first-order valence-corrected chi connectivity index (χ1v) is 7.35. The maximum absolute atomic E-state index is 12.3. The normalized spacial score (nSPS) is 17.5. The van der Waals surface area contributed by atoms with E-state index in [1.807, 2.05) is 24.0 Å². The molecule has 3 heterocycles. The highest BCUT2D eigenvalue weighted by Gasteiger charge is 2.27. The van der Waals surface area contributed by atoms with E-state index in [1.54, 1.807) is 24.5 Å². The summed E-state index contributed by atoms with van der Waals surface area (Å²) >= 11 is 0. The van der Waals surface area contributed by atoms with Gasteiger partial charge in [0.25, 0.3) is 5.91 Å². The summed E-state index contributed by atoms with van der Waals surface area (Å²) in [6, 6.07) is 7.18. The fourth-order valence-electron chi connectivity index (χ4n) is 2.50. The van der Waals surface area contributed by atoms with Gasteiger partial charge in [0, 0.05) is 43.0 Å². The Bertz CT molecular complexity index is 630. The molecule has 6 heteroatoms. The highest BCUT2D eigenvalue weighted by molar-refractivity contribution is 5.94. The molecule has 0 saturated carbocycles. The third kappa shape index (κ3) is 3.39. The Morgan fingerprint density at radius 3 is 2.82 bits per heavy atom. The first-order valence-electron chi connectivity index (χ1n) is 7.35. The smallest absolute Gasteiger partial charge is 0.253 e. The Kier molecular flexibility index (Phi) is 4.27. The van der Waals surface area contributed by atoms with Gasteiger partial charge in [0.15, 0.2) is 0 Å². The molecular weight excluding hydrogens is 280 g/mol. The standard InChI is InChI=1S/C16H18N4O2/c1-12-2-3-15(19-18-12)22-11-13-6-9-20(10-13)16(21)14-4-7-17-8-5-14/h2-5,7-8,13H,6,9-11H2,1H3. The molecule has 0 aliphatic carbocycles. The highest BCUT2D eigenvalue weighted by atomic mass is 16.5. The van der Waals surface area contributed by atoms with E-state index in [-0.39, 0.29) is 5.91 Å². The van der Waals surface area contributed by atoms with Crippen molar-refractivity contribution in [3.05, 3.63) is 47.9 Å². The van der Waals surface area contributed by atoms with Crippen molar-refractivity contribution < 1.29 is 9.53 Å². The Morgan fingerprint density at radius 1 is 1.27 bits per heavy atom. The fourth-order valence-corrected chi connectivity index (χ4v) is 2.50. The molecule has 3 rings (SSSR count). The number of ether oxygens (including phenoxy) is 1. The number of carbonyl (C=O) groups excluding carboxylic acids is 1. The SMILES string of the molecule is Cc1ccc(OCC2CCN(C(=O)c3ccncc3)C2)nn1. The van der Waals surface area contributed by atoms with E-state index in [9.17, 15) is 4.79 Å². The minimum Gasteiger partial charge on any atom is -0.476 e. The molecule has 1 atom stereocenters. The third-order valence-electron chi connectivity index (χ3n) is 3.74. The fraction of sp³-hybridized carbons (Fsp3) is 0.375. The van der Waals surface area contributed by atoms with Crippen LogP contribution in [-0.2, 0) is 0 Å². The molecule has 1 aliphatic heterocycles. The number of nitrogens with zero attached hydrogens (tertiary/aromatic N) is 4. The zero-order chi connectivity index (χ0) is 15.4. The van der Waals surface area contributed by atoms with Crippen molar-refractivity contribution in [2.45, 2.75) is 13.3 Å². The van der Waals surface area contributed by atoms with Gasteiger partial charge < -0.3 is 9.64 Å². The zero-order valence-corrected chi connectivity index (χ0v) is 12.5. The summed E-state index contributed by atoms with van der Waals surface area (Å²) in [6.07, 6.45) is 4.22. The molecular formula is C16H18N4O2. The van der Waals surface area contributed by atoms with Crippen LogP contribution in [-0.4, -0.2) is 45.7 Å². The molecule has 0 N–H and O–H groups in total. The van der Waals surface area contributed by atoms with Crippen LogP contribution in [0.5, 0.6) is 5.88 Å². The Hall–Kier alpha value is -2.50. The van der Waals surface area contributed by atoms with Crippen molar-refractivity contribution in [1.29, 1.82) is 0 Å². The van der Waals surface area contributed by atoms with Crippen molar-refractivity contribution >= 4 is 5.91 Å². The van der Waals surface area contributed by atoms with E-state index >= 15 is 0 Å². The van der Waals surface area contributed by atoms with Gasteiger partial charge in [0.05, 0.1) is 12.3 Å². The van der Waals surface area contributed by atoms with Crippen LogP contribution in [0.3, 0.4) is 0 Å². The number of aromatic nitrogens is 3. The van der Waals surface area contributed by atoms with E-state index in [2.05, 4.69) is 15.2 Å². The predicted octanol–water partition coefficient (Wildman–Crippen LogP) is 1.72. The van der Waals surface area contributed by atoms with Crippen LogP contribution in [0.4, 0.5) is 0 Å². The highest BCUT2D eigenvalue weighted by Crippen LogP contribution is 2.19. The average molecular weight is 298 g/mol. The number of carbonyl (C=O) groups is 1. The van der Waals surface area contributed by atoms with Crippen LogP contribution in [0.1, 0.15) is 22.5 Å². The minimum atomic E-state index is 0.0556. The molecule has 6 nitrogen and oxygen atoms in total. The average Bonchev–Trinajstić information content (AvgIpc) is 3.03. The number of aryl methyl sites for hydroxylation is 1. The molecule has 0 radical (unpaired) electrons. The number of likely N-dealkylation sites (tertiary alicyclic amines) is 1. The third-order valence-corrected chi connectivity index (χ3v) is 3.74. The van der Waals surface area contributed by atoms with Crippen LogP contribution in [0.2, 0.25) is 0 Å². The molecule has 114 valence electrons. The van der Waals surface area contributed by atoms with E-state index in [0.717, 1.165) is 18.7 Å². The minimum absolute atomic E-state index is 0.0556. The monoisotopic (exact) mass is 298 g/mol. The van der Waals surface area contributed by atoms with E-state index in [4.69, 9.17) is 4.74 Å². The van der Waals surface area contributed by atoms with Crippen LogP contribution in [0.15, 0.2) is 36.7 Å². The van der Waals surface area contributed by atoms with Gasteiger partial charge in [0.1, 0.15) is 0 Å². The summed E-state index contributed by atoms with van der Waals surface area (Å²) in [4.78, 5) is 18.1. The molecule has 1 fully saturated rings. The number of hydrogen-bond acceptors (Lipinski definition) is 5. The van der Waals surface area contributed by atoms with Gasteiger partial charge in [-0.05, 0) is 31.5 Å². The summed E-state index contributed by atoms with van der Waals surface area (Å²) in [5.74, 6) is 0.915. The molecule has 0 aromatic carbocycles. The van der Waals surface area contributed by atoms with E-state index < -0.39 is 0 Å². The van der Waals surface area contributed by atoms with Crippen LogP contribution in [0.25, 0.3) is 0 Å². The van der Waals surface area contributed by atoms with Gasteiger partial charge in [-0.2, -0.15) is 5.10 Å². The van der Waals surface area contributed by atoms with E-state index in [0.29, 0.717) is 30.5 Å². The summed E-state index contributed by atoms with van der Waals surface area (Å²) in [7, 11) is 0. The molecule has 1 amide bonds. The first kappa shape index (κ1) is 14.4. The van der Waals surface area contributed by atoms with Crippen molar-refractivity contribution in [2.75, 3.05) is 19.7 Å². The quantitative estimate of drug-likeness (QED) is 0.859. The molecule has 0 spiro atoms. The van der Waals surface area contributed by atoms with E-state index in [1.165, 1.54) is 0 Å². The number of pyridine rings is 1. The lowest BCUT2D eigenvalue weighted by molar-refractivity contribution is 0.0782. The van der Waals surface area contributed by atoms with Gasteiger partial charge in [-0.15, -0.1) is 5.10 Å². The first-order chi connectivity index (χ1) is 10.7. The predicted molar refractivity (Wildman–Crippen MR) is 80.5 cm³/mol. The van der Waals surface area contributed by atoms with Crippen molar-refractivity contribution in [2.24, 2.45) is 5.92 Å². The summed E-state index contributed by atoms with van der Waals surface area (Å²) in [6.45, 7) is 3.91. The Labute approximate surface area is 129 Å². The maximum Gasteiger partial charge on any atom is 0.253 e. The Morgan fingerprint density at radius 2 is 2.09 bits per heavy atom. The lowest BCUT2D eigenvalue weighted by atomic mass is 10.1. The molecule has 1 saturated heterocycles. The van der Waals surface area contributed by atoms with Crippen LogP contribution >= 0.6 is 0 Å². The summed E-state index contributed by atoms with van der Waals surface area (Å²) in [5, 5.41) is 7.94. The van der Waals surface area contributed by atoms with Gasteiger partial charge in [-0.25, -0.2) is 0 Å². The lowest BCUT2D eigenvalue weighted by Crippen LogP contribution is -2.29. The van der Waals surface area contributed by atoms with Crippen molar-refractivity contribution in [3.8, 4) is 5.88 Å². The zero-order valence-electron chi connectivity index (χ0n) is 12.5. The molecule has 22 heavy (non-hydrogen) atoms. The number of hydrogen-bond donors (Lipinski definition) is 0. The largest absolute Gasteiger partial charge is 0.476 e. The second-order valence-electron chi connectivity index (χ2n) is 5.47. The summed E-state index contributed by atoms with van der Waals surface area (Å²) in [5.41, 5.74) is 1.54. The summed E-state index contributed by atoms with van der Waals surface area (Å²) < 4.78 is 5.66. The second kappa shape index (κ2) is 6.51. The number of rotatable bonds is 4. The van der Waals surface area contributed by atoms with Crippen LogP contribution in [0, 0.1) is 12.8 Å².